The minimum atomic E-state index is -0.724. The first-order valence-corrected chi connectivity index (χ1v) is 7.44. The number of carbonyl (C=O) groups excluding carboxylic acids is 1. The van der Waals surface area contributed by atoms with Gasteiger partial charge >= 0.3 is 0 Å². The van der Waals surface area contributed by atoms with Crippen molar-refractivity contribution in [1.82, 2.24) is 10.2 Å². The fourth-order valence-electron chi connectivity index (χ4n) is 2.84. The van der Waals surface area contributed by atoms with E-state index in [1.165, 1.54) is 5.56 Å². The van der Waals surface area contributed by atoms with E-state index < -0.39 is 5.54 Å². The molecule has 1 unspecified atom stereocenters. The van der Waals surface area contributed by atoms with E-state index in [4.69, 9.17) is 5.73 Å². The third-order valence-corrected chi connectivity index (χ3v) is 4.38. The molecule has 1 aliphatic rings. The van der Waals surface area contributed by atoms with Gasteiger partial charge in [-0.1, -0.05) is 31.2 Å². The number of nitrogens with one attached hydrogen (secondary N) is 1. The zero-order valence-electron chi connectivity index (χ0n) is 12.5. The molecule has 1 amide bonds. The van der Waals surface area contributed by atoms with Gasteiger partial charge in [0, 0.05) is 19.6 Å². The van der Waals surface area contributed by atoms with E-state index >= 15 is 0 Å². The number of benzene rings is 1. The van der Waals surface area contributed by atoms with Crippen LogP contribution < -0.4 is 11.1 Å². The molecule has 20 heavy (non-hydrogen) atoms. The summed E-state index contributed by atoms with van der Waals surface area (Å²) in [6, 6.07) is 8.27. The summed E-state index contributed by atoms with van der Waals surface area (Å²) in [5.41, 5.74) is 7.30. The van der Waals surface area contributed by atoms with Gasteiger partial charge in [0.25, 0.3) is 0 Å². The molecule has 1 aromatic rings. The van der Waals surface area contributed by atoms with Gasteiger partial charge in [-0.15, -0.1) is 0 Å². The minimum Gasteiger partial charge on any atom is -0.368 e. The number of nitrogens with two attached hydrogens (primary N) is 1. The molecule has 1 fully saturated rings. The van der Waals surface area contributed by atoms with E-state index in [1.807, 2.05) is 19.1 Å². The molecular formula is C16H25N3O. The summed E-state index contributed by atoms with van der Waals surface area (Å²) in [5.74, 6) is -0.274. The first-order chi connectivity index (χ1) is 9.59. The number of hydrogen-bond donors (Lipinski definition) is 2. The van der Waals surface area contributed by atoms with Gasteiger partial charge in [0.1, 0.15) is 5.54 Å². The van der Waals surface area contributed by atoms with Crippen LogP contribution in [0.15, 0.2) is 24.3 Å². The molecule has 0 bridgehead atoms. The molecule has 110 valence electrons. The van der Waals surface area contributed by atoms with Crippen molar-refractivity contribution in [3.8, 4) is 0 Å². The maximum atomic E-state index is 12.1. The van der Waals surface area contributed by atoms with Crippen molar-refractivity contribution in [1.29, 1.82) is 0 Å². The van der Waals surface area contributed by atoms with Crippen LogP contribution in [0.2, 0.25) is 0 Å². The Bertz CT molecular complexity index is 449. The standard InChI is InChI=1S/C16H25N3O/c1-3-13-5-7-14(8-6-13)16(2,15(17)20)19-11-4-9-18-10-12-19/h5-8,18H,3-4,9-12H2,1-2H3,(H2,17,20). The molecule has 1 atom stereocenters. The highest BCUT2D eigenvalue weighted by Gasteiger charge is 2.39. The van der Waals surface area contributed by atoms with Crippen molar-refractivity contribution >= 4 is 5.91 Å². The Labute approximate surface area is 121 Å². The fourth-order valence-corrected chi connectivity index (χ4v) is 2.84. The van der Waals surface area contributed by atoms with E-state index in [-0.39, 0.29) is 5.91 Å². The first-order valence-electron chi connectivity index (χ1n) is 7.44. The summed E-state index contributed by atoms with van der Waals surface area (Å²) in [6.07, 6.45) is 2.04. The van der Waals surface area contributed by atoms with Gasteiger partial charge < -0.3 is 11.1 Å². The predicted octanol–water partition coefficient (Wildman–Crippen LogP) is 1.24. The van der Waals surface area contributed by atoms with Gasteiger partial charge in [0.2, 0.25) is 5.91 Å². The summed E-state index contributed by atoms with van der Waals surface area (Å²) < 4.78 is 0. The van der Waals surface area contributed by atoms with Crippen LogP contribution in [0.25, 0.3) is 0 Å². The second-order valence-corrected chi connectivity index (χ2v) is 5.58. The van der Waals surface area contributed by atoms with Crippen LogP contribution >= 0.6 is 0 Å². The molecule has 0 radical (unpaired) electrons. The van der Waals surface area contributed by atoms with Gasteiger partial charge in [-0.05, 0) is 37.4 Å². The van der Waals surface area contributed by atoms with Crippen molar-refractivity contribution in [2.24, 2.45) is 5.73 Å². The molecule has 1 aliphatic heterocycles. The summed E-state index contributed by atoms with van der Waals surface area (Å²) >= 11 is 0. The zero-order chi connectivity index (χ0) is 14.6. The second-order valence-electron chi connectivity index (χ2n) is 5.58. The first kappa shape index (κ1) is 15.0. The van der Waals surface area contributed by atoms with Crippen molar-refractivity contribution in [3.63, 3.8) is 0 Å². The zero-order valence-corrected chi connectivity index (χ0v) is 12.5. The Morgan fingerprint density at radius 2 is 2.00 bits per heavy atom. The van der Waals surface area contributed by atoms with Gasteiger partial charge in [-0.3, -0.25) is 9.69 Å². The molecule has 0 aliphatic carbocycles. The third-order valence-electron chi connectivity index (χ3n) is 4.38. The number of nitrogens with zero attached hydrogens (tertiary/aromatic N) is 1. The maximum absolute atomic E-state index is 12.1. The van der Waals surface area contributed by atoms with E-state index in [0.29, 0.717) is 0 Å². The lowest BCUT2D eigenvalue weighted by atomic mass is 9.88. The summed E-state index contributed by atoms with van der Waals surface area (Å²) in [6.45, 7) is 7.71. The van der Waals surface area contributed by atoms with Gasteiger partial charge in [-0.2, -0.15) is 0 Å². The topological polar surface area (TPSA) is 58.4 Å². The molecule has 0 aromatic heterocycles. The minimum absolute atomic E-state index is 0.274. The Balaban J connectivity index is 2.33. The van der Waals surface area contributed by atoms with Crippen LogP contribution in [0, 0.1) is 0 Å². The van der Waals surface area contributed by atoms with Crippen LogP contribution in [0.3, 0.4) is 0 Å². The van der Waals surface area contributed by atoms with E-state index in [9.17, 15) is 4.79 Å². The molecule has 4 nitrogen and oxygen atoms in total. The van der Waals surface area contributed by atoms with E-state index in [2.05, 4.69) is 29.3 Å². The van der Waals surface area contributed by atoms with Crippen molar-refractivity contribution in [2.75, 3.05) is 26.2 Å². The highest BCUT2D eigenvalue weighted by atomic mass is 16.1. The maximum Gasteiger partial charge on any atom is 0.242 e. The molecule has 4 heteroatoms. The van der Waals surface area contributed by atoms with Crippen molar-refractivity contribution in [2.45, 2.75) is 32.2 Å². The second kappa shape index (κ2) is 6.37. The van der Waals surface area contributed by atoms with Crippen molar-refractivity contribution < 1.29 is 4.79 Å². The summed E-state index contributed by atoms with van der Waals surface area (Å²) in [4.78, 5) is 14.4. The number of primary amides is 1. The van der Waals surface area contributed by atoms with E-state index in [0.717, 1.165) is 44.6 Å². The average Bonchev–Trinajstić information content (AvgIpc) is 2.75. The number of hydrogen-bond acceptors (Lipinski definition) is 3. The fraction of sp³-hybridized carbons (Fsp3) is 0.562. The molecular weight excluding hydrogens is 250 g/mol. The number of rotatable bonds is 4. The Kier molecular flexibility index (Phi) is 4.78. The number of amides is 1. The molecule has 1 aromatic carbocycles. The van der Waals surface area contributed by atoms with Gasteiger partial charge in [-0.25, -0.2) is 0 Å². The van der Waals surface area contributed by atoms with Crippen LogP contribution in [-0.4, -0.2) is 37.0 Å². The van der Waals surface area contributed by atoms with E-state index in [1.54, 1.807) is 0 Å². The lowest BCUT2D eigenvalue weighted by molar-refractivity contribution is -0.129. The molecule has 3 N–H and O–H groups in total. The molecule has 1 saturated heterocycles. The highest BCUT2D eigenvalue weighted by Crippen LogP contribution is 2.29. The molecule has 0 saturated carbocycles. The lowest BCUT2D eigenvalue weighted by Gasteiger charge is -2.38. The Morgan fingerprint density at radius 3 is 2.60 bits per heavy atom. The van der Waals surface area contributed by atoms with Crippen LogP contribution in [0.1, 0.15) is 31.4 Å². The number of aryl methyl sites for hydroxylation is 1. The quantitative estimate of drug-likeness (QED) is 0.869. The SMILES string of the molecule is CCc1ccc(C(C)(C(N)=O)N2CCCNCC2)cc1. The third kappa shape index (κ3) is 2.86. The summed E-state index contributed by atoms with van der Waals surface area (Å²) in [7, 11) is 0. The van der Waals surface area contributed by atoms with Gasteiger partial charge in [0.15, 0.2) is 0 Å². The predicted molar refractivity (Wildman–Crippen MR) is 81.4 cm³/mol. The number of carbonyl (C=O) groups is 1. The lowest BCUT2D eigenvalue weighted by Crippen LogP contribution is -2.54. The normalized spacial score (nSPS) is 20.1. The monoisotopic (exact) mass is 275 g/mol. The average molecular weight is 275 g/mol. The van der Waals surface area contributed by atoms with Gasteiger partial charge in [0.05, 0.1) is 0 Å². The summed E-state index contributed by atoms with van der Waals surface area (Å²) in [5, 5.41) is 3.36. The largest absolute Gasteiger partial charge is 0.368 e. The Hall–Kier alpha value is -1.39. The molecule has 1 heterocycles. The van der Waals surface area contributed by atoms with Crippen LogP contribution in [0.4, 0.5) is 0 Å². The molecule has 2 rings (SSSR count). The van der Waals surface area contributed by atoms with Crippen molar-refractivity contribution in [3.05, 3.63) is 35.4 Å². The molecule has 0 spiro atoms. The Morgan fingerprint density at radius 1 is 1.30 bits per heavy atom. The highest BCUT2D eigenvalue weighted by molar-refractivity contribution is 5.85. The van der Waals surface area contributed by atoms with Crippen LogP contribution in [0.5, 0.6) is 0 Å². The van der Waals surface area contributed by atoms with Crippen LogP contribution in [-0.2, 0) is 16.8 Å². The smallest absolute Gasteiger partial charge is 0.242 e.